The zero-order chi connectivity index (χ0) is 4.83. The molecule has 0 nitrogen and oxygen atoms in total. The molecule has 8 heavy (non-hydrogen) atoms. The molecule has 0 atom stereocenters. The van der Waals surface area contributed by atoms with Crippen LogP contribution >= 0.6 is 0 Å². The normalized spacial score (nSPS) is 6.12. The smallest absolute Gasteiger partial charge is 0 e. The molecule has 0 aromatic rings. The first-order valence-corrected chi connectivity index (χ1v) is 2.52. The Balaban J connectivity index is -0.000000125. The predicted octanol–water partition coefficient (Wildman–Crippen LogP) is 2.36. The Morgan fingerprint density at radius 3 is 2.12 bits per heavy atom. The Kier molecular flexibility index (Phi) is 31.7. The molecular formula is C6H12HeXe. The van der Waals surface area contributed by atoms with Gasteiger partial charge in [0.05, 0.1) is 0 Å². The summed E-state index contributed by atoms with van der Waals surface area (Å²) in [6.07, 6.45) is 5.72. The standard InChI is InChI=1S/C6H12.He.Xe/c1-3-5-6-4-2;;/h3H,1,4-6H2,2H3;;. The van der Waals surface area contributed by atoms with Crippen LogP contribution in [0.1, 0.15) is 26.2 Å². The Morgan fingerprint density at radius 2 is 2.00 bits per heavy atom. The van der Waals surface area contributed by atoms with Gasteiger partial charge in [0.2, 0.25) is 0 Å². The van der Waals surface area contributed by atoms with Crippen molar-refractivity contribution >= 4 is 0 Å². The maximum Gasteiger partial charge on any atom is 0 e. The largest absolute Gasteiger partial charge is 0.103 e. The van der Waals surface area contributed by atoms with E-state index in [-0.39, 0.29) is 55.0 Å². The third kappa shape index (κ3) is 15.7. The zero-order valence-electron chi connectivity index (χ0n) is 5.47. The summed E-state index contributed by atoms with van der Waals surface area (Å²) in [7, 11) is 0. The van der Waals surface area contributed by atoms with E-state index in [0.29, 0.717) is 0 Å². The van der Waals surface area contributed by atoms with Gasteiger partial charge in [0.25, 0.3) is 0 Å². The molecule has 0 amide bonds. The average Bonchev–Trinajstić information content (AvgIpc) is 1.61. The molecule has 0 fully saturated rings. The van der Waals surface area contributed by atoms with Crippen LogP contribution in [0.4, 0.5) is 0 Å². The van der Waals surface area contributed by atoms with Gasteiger partial charge in [-0.15, -0.1) is 6.58 Å². The fraction of sp³-hybridized carbons (Fsp3) is 0.667. The van der Waals surface area contributed by atoms with Gasteiger partial charge in [0.15, 0.2) is 0 Å². The molecule has 0 aromatic heterocycles. The minimum absolute atomic E-state index is 0. The van der Waals surface area contributed by atoms with Crippen LogP contribution in [-0.2, 0) is 0 Å². The van der Waals surface area contributed by atoms with Crippen molar-refractivity contribution in [2.24, 2.45) is 0 Å². The third-order valence-electron chi connectivity index (χ3n) is 0.762. The minimum Gasteiger partial charge on any atom is -0.103 e. The van der Waals surface area contributed by atoms with Crippen LogP contribution in [0.3, 0.4) is 0 Å². The van der Waals surface area contributed by atoms with Crippen LogP contribution in [0, 0.1) is 55.0 Å². The molecule has 0 bridgehead atoms. The average molecular weight is 219 g/mol. The van der Waals surface area contributed by atoms with E-state index in [1.165, 1.54) is 19.3 Å². The summed E-state index contributed by atoms with van der Waals surface area (Å²) >= 11 is 0. The molecule has 0 aliphatic rings. The van der Waals surface area contributed by atoms with E-state index in [4.69, 9.17) is 0 Å². The Bertz CT molecular complexity index is 37.5. The molecule has 46 valence electrons. The molecule has 0 aromatic carbocycles. The van der Waals surface area contributed by atoms with Gasteiger partial charge < -0.3 is 0 Å². The minimum atomic E-state index is 0. The van der Waals surface area contributed by atoms with E-state index in [2.05, 4.69) is 13.5 Å². The van der Waals surface area contributed by atoms with Gasteiger partial charge in [-0.05, 0) is 6.42 Å². The van der Waals surface area contributed by atoms with Crippen LogP contribution in [-0.4, -0.2) is 0 Å². The second-order valence-corrected chi connectivity index (χ2v) is 1.43. The van der Waals surface area contributed by atoms with Gasteiger partial charge in [0.1, 0.15) is 0 Å². The van der Waals surface area contributed by atoms with Crippen LogP contribution in [0.5, 0.6) is 0 Å². The summed E-state index contributed by atoms with van der Waals surface area (Å²) in [5.41, 5.74) is 0. The summed E-state index contributed by atoms with van der Waals surface area (Å²) in [6.45, 7) is 5.78. The topological polar surface area (TPSA) is 0 Å². The van der Waals surface area contributed by atoms with E-state index in [1.54, 1.807) is 0 Å². The van der Waals surface area contributed by atoms with Gasteiger partial charge in [-0.1, -0.05) is 25.8 Å². The van der Waals surface area contributed by atoms with Gasteiger partial charge in [0, 0.05) is 55.0 Å². The van der Waals surface area contributed by atoms with Crippen molar-refractivity contribution in [2.75, 3.05) is 0 Å². The van der Waals surface area contributed by atoms with Crippen molar-refractivity contribution in [3.05, 3.63) is 12.7 Å². The van der Waals surface area contributed by atoms with E-state index in [9.17, 15) is 0 Å². The number of hydrogen-bond acceptors (Lipinski definition) is 0. The molecule has 0 N–H and O–H groups in total. The first-order valence-electron chi connectivity index (χ1n) is 2.52. The summed E-state index contributed by atoms with van der Waals surface area (Å²) in [6, 6.07) is 0. The summed E-state index contributed by atoms with van der Waals surface area (Å²) in [4.78, 5) is 0. The number of hydrogen-bond donors (Lipinski definition) is 0. The molecule has 0 spiro atoms. The van der Waals surface area contributed by atoms with Crippen LogP contribution in [0.25, 0.3) is 0 Å². The van der Waals surface area contributed by atoms with Crippen molar-refractivity contribution in [3.8, 4) is 0 Å². The van der Waals surface area contributed by atoms with E-state index >= 15 is 0 Å². The summed E-state index contributed by atoms with van der Waals surface area (Å²) < 4.78 is 0. The second-order valence-electron chi connectivity index (χ2n) is 1.43. The van der Waals surface area contributed by atoms with Crippen molar-refractivity contribution in [2.45, 2.75) is 26.2 Å². The molecule has 0 unspecified atom stereocenters. The van der Waals surface area contributed by atoms with Gasteiger partial charge in [-0.2, -0.15) is 0 Å². The first-order chi connectivity index (χ1) is 2.91. The summed E-state index contributed by atoms with van der Waals surface area (Å²) in [5, 5.41) is 0. The first kappa shape index (κ1) is 16.1. The Hall–Kier alpha value is 1.22. The number of unbranched alkanes of at least 4 members (excludes halogenated alkanes) is 2. The van der Waals surface area contributed by atoms with Crippen LogP contribution < -0.4 is 0 Å². The maximum absolute atomic E-state index is 3.60. The van der Waals surface area contributed by atoms with Crippen molar-refractivity contribution < 1.29 is 55.0 Å². The van der Waals surface area contributed by atoms with Crippen LogP contribution in [0.2, 0.25) is 0 Å². The van der Waals surface area contributed by atoms with Gasteiger partial charge in [-0.25, -0.2) is 0 Å². The quantitative estimate of drug-likeness (QED) is 0.505. The Morgan fingerprint density at radius 1 is 1.50 bits per heavy atom. The number of rotatable bonds is 3. The fourth-order valence-electron chi connectivity index (χ4n) is 0.348. The third-order valence-corrected chi connectivity index (χ3v) is 0.762. The van der Waals surface area contributed by atoms with Crippen molar-refractivity contribution in [3.63, 3.8) is 0 Å². The molecule has 0 aliphatic heterocycles. The molecule has 0 rings (SSSR count). The van der Waals surface area contributed by atoms with E-state index in [0.717, 1.165) is 0 Å². The monoisotopic (exact) mass is 220 g/mol. The van der Waals surface area contributed by atoms with Crippen molar-refractivity contribution in [1.29, 1.82) is 0 Å². The molecule has 0 radical (unpaired) electrons. The SMILES string of the molecule is C=CCCCC.[He].[Xe]. The Labute approximate surface area is 92.6 Å². The van der Waals surface area contributed by atoms with E-state index < -0.39 is 0 Å². The molecule has 0 saturated heterocycles. The molecule has 0 aliphatic carbocycles. The van der Waals surface area contributed by atoms with Crippen LogP contribution in [0.15, 0.2) is 12.7 Å². The number of allylic oxidation sites excluding steroid dienone is 1. The second kappa shape index (κ2) is 15.7. The van der Waals surface area contributed by atoms with Gasteiger partial charge >= 0.3 is 0 Å². The van der Waals surface area contributed by atoms with Gasteiger partial charge in [-0.3, -0.25) is 0 Å². The molecule has 0 saturated carbocycles. The van der Waals surface area contributed by atoms with E-state index in [1.807, 2.05) is 6.08 Å². The maximum atomic E-state index is 3.60. The fourth-order valence-corrected chi connectivity index (χ4v) is 0.348. The zero-order valence-corrected chi connectivity index (χ0v) is 7.48. The molecule has 2 heteroatoms. The molecule has 0 heterocycles. The predicted molar refractivity (Wildman–Crippen MR) is 29.7 cm³/mol. The summed E-state index contributed by atoms with van der Waals surface area (Å²) in [5.74, 6) is 0. The molecular weight excluding hydrogens is 207 g/mol. The van der Waals surface area contributed by atoms with Crippen molar-refractivity contribution in [1.82, 2.24) is 0 Å².